The van der Waals surface area contributed by atoms with E-state index in [1.54, 1.807) is 0 Å². The van der Waals surface area contributed by atoms with Crippen molar-refractivity contribution in [2.45, 2.75) is 19.5 Å². The SMILES string of the molecule is CC(=O)N(C)C1C(=N)N(Cc2ccccc2)C(=O)NC1=O. The average molecular weight is 288 g/mol. The molecule has 2 N–H and O–H groups in total. The number of nitrogens with zero attached hydrogens (tertiary/aromatic N) is 2. The highest BCUT2D eigenvalue weighted by Crippen LogP contribution is 2.14. The molecule has 1 saturated heterocycles. The molecule has 7 nitrogen and oxygen atoms in total. The molecule has 4 amide bonds. The summed E-state index contributed by atoms with van der Waals surface area (Å²) in [4.78, 5) is 37.5. The molecule has 0 saturated carbocycles. The first kappa shape index (κ1) is 14.7. The quantitative estimate of drug-likeness (QED) is 0.851. The first-order valence-electron chi connectivity index (χ1n) is 6.40. The molecule has 0 spiro atoms. The minimum Gasteiger partial charge on any atom is -0.327 e. The van der Waals surface area contributed by atoms with Crippen LogP contribution in [-0.4, -0.2) is 46.6 Å². The molecule has 0 bridgehead atoms. The van der Waals surface area contributed by atoms with Crippen LogP contribution in [0.5, 0.6) is 0 Å². The van der Waals surface area contributed by atoms with Crippen LogP contribution in [0.1, 0.15) is 12.5 Å². The molecule has 1 aliphatic heterocycles. The Morgan fingerprint density at radius 3 is 2.52 bits per heavy atom. The van der Waals surface area contributed by atoms with Crippen molar-refractivity contribution < 1.29 is 14.4 Å². The molecule has 7 heteroatoms. The van der Waals surface area contributed by atoms with Crippen molar-refractivity contribution in [3.05, 3.63) is 35.9 Å². The number of amides is 4. The van der Waals surface area contributed by atoms with Gasteiger partial charge < -0.3 is 4.90 Å². The van der Waals surface area contributed by atoms with Gasteiger partial charge in [0, 0.05) is 14.0 Å². The summed E-state index contributed by atoms with van der Waals surface area (Å²) in [5.41, 5.74) is 0.830. The topological polar surface area (TPSA) is 93.6 Å². The molecule has 1 aliphatic rings. The van der Waals surface area contributed by atoms with E-state index in [2.05, 4.69) is 5.32 Å². The Balaban J connectivity index is 2.25. The molecule has 1 aromatic rings. The third-order valence-corrected chi connectivity index (χ3v) is 3.34. The number of carbonyl (C=O) groups excluding carboxylic acids is 3. The van der Waals surface area contributed by atoms with E-state index < -0.39 is 18.0 Å². The first-order valence-corrected chi connectivity index (χ1v) is 6.40. The van der Waals surface area contributed by atoms with Gasteiger partial charge in [0.05, 0.1) is 6.54 Å². The summed E-state index contributed by atoms with van der Waals surface area (Å²) < 4.78 is 0. The third-order valence-electron chi connectivity index (χ3n) is 3.34. The van der Waals surface area contributed by atoms with Gasteiger partial charge in [-0.25, -0.2) is 4.79 Å². The number of amidine groups is 1. The number of nitrogens with one attached hydrogen (secondary N) is 2. The Bertz CT molecular complexity index is 599. The summed E-state index contributed by atoms with van der Waals surface area (Å²) in [6.45, 7) is 1.47. The lowest BCUT2D eigenvalue weighted by Crippen LogP contribution is -2.65. The molecule has 110 valence electrons. The smallest absolute Gasteiger partial charge is 0.327 e. The van der Waals surface area contributed by atoms with E-state index in [9.17, 15) is 14.4 Å². The lowest BCUT2D eigenvalue weighted by atomic mass is 10.1. The lowest BCUT2D eigenvalue weighted by Gasteiger charge is -2.36. The number of benzene rings is 1. The highest BCUT2D eigenvalue weighted by Gasteiger charge is 2.40. The van der Waals surface area contributed by atoms with Crippen LogP contribution in [0.3, 0.4) is 0 Å². The molecule has 1 unspecified atom stereocenters. The van der Waals surface area contributed by atoms with E-state index >= 15 is 0 Å². The van der Waals surface area contributed by atoms with Crippen LogP contribution in [0.2, 0.25) is 0 Å². The van der Waals surface area contributed by atoms with Crippen molar-refractivity contribution in [2.24, 2.45) is 0 Å². The number of rotatable bonds is 3. The second-order valence-electron chi connectivity index (χ2n) is 4.78. The van der Waals surface area contributed by atoms with Crippen molar-refractivity contribution in [3.8, 4) is 0 Å². The number of carbonyl (C=O) groups is 3. The minimum absolute atomic E-state index is 0.168. The molecule has 0 aromatic heterocycles. The zero-order valence-electron chi connectivity index (χ0n) is 11.8. The Labute approximate surface area is 122 Å². The predicted molar refractivity (Wildman–Crippen MR) is 75.5 cm³/mol. The Morgan fingerprint density at radius 1 is 1.33 bits per heavy atom. The van der Waals surface area contributed by atoms with E-state index in [0.29, 0.717) is 0 Å². The molecule has 1 aromatic carbocycles. The fourth-order valence-electron chi connectivity index (χ4n) is 2.09. The number of likely N-dealkylation sites (N-methyl/N-ethyl adjacent to an activating group) is 1. The first-order chi connectivity index (χ1) is 9.91. The number of imide groups is 1. The van der Waals surface area contributed by atoms with Crippen molar-refractivity contribution in [3.63, 3.8) is 0 Å². The summed E-state index contributed by atoms with van der Waals surface area (Å²) in [6.07, 6.45) is 0. The second kappa shape index (κ2) is 5.74. The third kappa shape index (κ3) is 2.91. The average Bonchev–Trinajstić information content (AvgIpc) is 2.44. The van der Waals surface area contributed by atoms with Gasteiger partial charge in [-0.05, 0) is 5.56 Å². The highest BCUT2D eigenvalue weighted by atomic mass is 16.2. The van der Waals surface area contributed by atoms with Gasteiger partial charge in [-0.1, -0.05) is 30.3 Å². The van der Waals surface area contributed by atoms with E-state index in [1.807, 2.05) is 30.3 Å². The zero-order valence-corrected chi connectivity index (χ0v) is 11.8. The molecular formula is C14H16N4O3. The zero-order chi connectivity index (χ0) is 15.6. The molecule has 2 rings (SSSR count). The molecule has 1 atom stereocenters. The maximum Gasteiger partial charge on any atom is 0.329 e. The van der Waals surface area contributed by atoms with Crippen LogP contribution >= 0.6 is 0 Å². The van der Waals surface area contributed by atoms with Crippen LogP contribution in [0.15, 0.2) is 30.3 Å². The van der Waals surface area contributed by atoms with Crippen LogP contribution in [-0.2, 0) is 16.1 Å². The van der Waals surface area contributed by atoms with Gasteiger partial charge in [0.1, 0.15) is 5.84 Å². The highest BCUT2D eigenvalue weighted by molar-refractivity contribution is 6.20. The normalized spacial score (nSPS) is 18.5. The van der Waals surface area contributed by atoms with Crippen molar-refractivity contribution >= 4 is 23.7 Å². The van der Waals surface area contributed by atoms with Gasteiger partial charge in [0.2, 0.25) is 5.91 Å². The molecule has 0 radical (unpaired) electrons. The summed E-state index contributed by atoms with van der Waals surface area (Å²) in [5.74, 6) is -1.22. The minimum atomic E-state index is -1.09. The molecule has 0 aliphatic carbocycles. The molecular weight excluding hydrogens is 272 g/mol. The predicted octanol–water partition coefficient (Wildman–Crippen LogP) is 0.563. The monoisotopic (exact) mass is 288 g/mol. The van der Waals surface area contributed by atoms with Crippen LogP contribution in [0.4, 0.5) is 4.79 Å². The Hall–Kier alpha value is -2.70. The summed E-state index contributed by atoms with van der Waals surface area (Å²) in [7, 11) is 1.43. The molecule has 21 heavy (non-hydrogen) atoms. The lowest BCUT2D eigenvalue weighted by molar-refractivity contribution is -0.135. The number of urea groups is 1. The summed E-state index contributed by atoms with van der Waals surface area (Å²) >= 11 is 0. The molecule has 1 fully saturated rings. The fourth-order valence-corrected chi connectivity index (χ4v) is 2.09. The van der Waals surface area contributed by atoms with Crippen LogP contribution in [0.25, 0.3) is 0 Å². The van der Waals surface area contributed by atoms with Crippen molar-refractivity contribution in [1.82, 2.24) is 15.1 Å². The van der Waals surface area contributed by atoms with Crippen LogP contribution < -0.4 is 5.32 Å². The van der Waals surface area contributed by atoms with Crippen LogP contribution in [0, 0.1) is 5.41 Å². The van der Waals surface area contributed by atoms with Gasteiger partial charge in [-0.2, -0.15) is 0 Å². The Morgan fingerprint density at radius 2 is 1.95 bits per heavy atom. The van der Waals surface area contributed by atoms with Gasteiger partial charge in [-0.15, -0.1) is 0 Å². The van der Waals surface area contributed by atoms with Gasteiger partial charge in [0.25, 0.3) is 5.91 Å². The van der Waals surface area contributed by atoms with E-state index in [-0.39, 0.29) is 18.3 Å². The van der Waals surface area contributed by atoms with Gasteiger partial charge in [0.15, 0.2) is 6.04 Å². The van der Waals surface area contributed by atoms with Gasteiger partial charge in [-0.3, -0.25) is 25.2 Å². The Kier molecular flexibility index (Phi) is 4.02. The van der Waals surface area contributed by atoms with E-state index in [0.717, 1.165) is 15.4 Å². The molecule has 1 heterocycles. The van der Waals surface area contributed by atoms with Gasteiger partial charge >= 0.3 is 6.03 Å². The summed E-state index contributed by atoms with van der Waals surface area (Å²) in [5, 5.41) is 10.3. The number of hydrogen-bond donors (Lipinski definition) is 2. The second-order valence-corrected chi connectivity index (χ2v) is 4.78. The summed E-state index contributed by atoms with van der Waals surface area (Å²) in [6, 6.07) is 7.39. The van der Waals surface area contributed by atoms with Crippen molar-refractivity contribution in [1.29, 1.82) is 5.41 Å². The maximum atomic E-state index is 11.9. The van der Waals surface area contributed by atoms with Crippen molar-refractivity contribution in [2.75, 3.05) is 7.05 Å². The number of hydrogen-bond acceptors (Lipinski definition) is 4. The van der Waals surface area contributed by atoms with E-state index in [1.165, 1.54) is 14.0 Å². The standard InChI is InChI=1S/C14H16N4O3/c1-9(19)17(2)11-12(15)18(14(21)16-13(11)20)8-10-6-4-3-5-7-10/h3-7,11,15H,8H2,1-2H3,(H,16,20,21). The maximum absolute atomic E-state index is 11.9. The largest absolute Gasteiger partial charge is 0.329 e. The van der Waals surface area contributed by atoms with E-state index in [4.69, 9.17) is 5.41 Å². The fraction of sp³-hybridized carbons (Fsp3) is 0.286.